The maximum Gasteiger partial charge on any atom is 0.271 e. The Balaban J connectivity index is 1.89. The van der Waals surface area contributed by atoms with E-state index in [2.05, 4.69) is 15.5 Å². The van der Waals surface area contributed by atoms with Crippen molar-refractivity contribution in [1.82, 2.24) is 14.8 Å². The van der Waals surface area contributed by atoms with Crippen molar-refractivity contribution in [2.24, 2.45) is 5.73 Å². The largest absolute Gasteiger partial charge is 0.377 e. The molecule has 9 nitrogen and oxygen atoms in total. The zero-order valence-electron chi connectivity index (χ0n) is 15.0. The molecule has 1 amide bonds. The molecule has 1 heterocycles. The summed E-state index contributed by atoms with van der Waals surface area (Å²) in [6.07, 6.45) is 0. The van der Waals surface area contributed by atoms with Crippen LogP contribution >= 0.6 is 11.8 Å². The van der Waals surface area contributed by atoms with Crippen LogP contribution in [0.25, 0.3) is 5.69 Å². The quantitative estimate of drug-likeness (QED) is 0.339. The minimum atomic E-state index is -0.445. The van der Waals surface area contributed by atoms with Gasteiger partial charge in [0.25, 0.3) is 5.69 Å². The Morgan fingerprint density at radius 2 is 2.00 bits per heavy atom. The highest BCUT2D eigenvalue weighted by Crippen LogP contribution is 2.25. The second-order valence-electron chi connectivity index (χ2n) is 5.93. The fourth-order valence-electron chi connectivity index (χ4n) is 2.57. The number of aromatic nitrogens is 3. The summed E-state index contributed by atoms with van der Waals surface area (Å²) in [5, 5.41) is 23.1. The first-order valence-corrected chi connectivity index (χ1v) is 9.34. The van der Waals surface area contributed by atoms with Crippen LogP contribution in [0.4, 0.5) is 11.4 Å². The second-order valence-corrected chi connectivity index (χ2v) is 6.88. The van der Waals surface area contributed by atoms with Gasteiger partial charge in [-0.15, -0.1) is 10.2 Å². The number of nitro groups is 1. The molecule has 0 radical (unpaired) electrons. The summed E-state index contributed by atoms with van der Waals surface area (Å²) in [4.78, 5) is 21.7. The molecule has 0 atom stereocenters. The Kier molecular flexibility index (Phi) is 5.90. The van der Waals surface area contributed by atoms with Gasteiger partial charge in [-0.25, -0.2) is 0 Å². The lowest BCUT2D eigenvalue weighted by Crippen LogP contribution is -2.14. The van der Waals surface area contributed by atoms with Gasteiger partial charge in [0.15, 0.2) is 11.0 Å². The molecular weight excluding hydrogens is 380 g/mol. The number of nitrogens with one attached hydrogen (secondary N) is 1. The third-order valence-electron chi connectivity index (χ3n) is 3.93. The van der Waals surface area contributed by atoms with E-state index < -0.39 is 10.8 Å². The smallest absolute Gasteiger partial charge is 0.271 e. The van der Waals surface area contributed by atoms with Crippen LogP contribution in [-0.2, 0) is 11.3 Å². The van der Waals surface area contributed by atoms with Gasteiger partial charge in [0.1, 0.15) is 0 Å². The van der Waals surface area contributed by atoms with E-state index in [9.17, 15) is 14.9 Å². The Labute approximate surface area is 165 Å². The highest BCUT2D eigenvalue weighted by molar-refractivity contribution is 7.99. The molecule has 0 saturated carbocycles. The van der Waals surface area contributed by atoms with Crippen LogP contribution in [0.5, 0.6) is 0 Å². The fraction of sp³-hybridized carbons (Fsp3) is 0.167. The van der Waals surface area contributed by atoms with Crippen molar-refractivity contribution < 1.29 is 9.72 Å². The maximum absolute atomic E-state index is 11.1. The minimum absolute atomic E-state index is 0.00956. The highest BCUT2D eigenvalue weighted by Gasteiger charge is 2.16. The summed E-state index contributed by atoms with van der Waals surface area (Å²) < 4.78 is 1.83. The molecule has 0 aliphatic rings. The maximum atomic E-state index is 11.1. The van der Waals surface area contributed by atoms with Crippen molar-refractivity contribution in [2.75, 3.05) is 11.1 Å². The summed E-state index contributed by atoms with van der Waals surface area (Å²) in [6.45, 7) is 2.16. The lowest BCUT2D eigenvalue weighted by molar-refractivity contribution is -0.384. The lowest BCUT2D eigenvalue weighted by atomic mass is 10.2. The number of primary amides is 1. The van der Waals surface area contributed by atoms with E-state index >= 15 is 0 Å². The molecule has 0 aliphatic carbocycles. The number of amides is 1. The number of hydrogen-bond acceptors (Lipinski definition) is 7. The normalized spacial score (nSPS) is 10.6. The number of carbonyl (C=O) groups is 1. The van der Waals surface area contributed by atoms with Crippen molar-refractivity contribution in [3.8, 4) is 5.69 Å². The molecule has 0 aliphatic heterocycles. The van der Waals surface area contributed by atoms with Gasteiger partial charge in [-0.05, 0) is 24.6 Å². The van der Waals surface area contributed by atoms with Crippen LogP contribution in [-0.4, -0.2) is 31.3 Å². The van der Waals surface area contributed by atoms with Gasteiger partial charge in [-0.2, -0.15) is 0 Å². The van der Waals surface area contributed by atoms with Crippen LogP contribution in [0.3, 0.4) is 0 Å². The summed E-state index contributed by atoms with van der Waals surface area (Å²) in [5.41, 5.74) is 7.61. The first kappa shape index (κ1) is 19.4. The molecule has 1 aromatic heterocycles. The number of para-hydroxylation sites is 1. The second kappa shape index (κ2) is 8.53. The zero-order chi connectivity index (χ0) is 20.1. The van der Waals surface area contributed by atoms with Crippen molar-refractivity contribution in [1.29, 1.82) is 0 Å². The summed E-state index contributed by atoms with van der Waals surface area (Å²) in [6, 6.07) is 14.1. The highest BCUT2D eigenvalue weighted by atomic mass is 32.2. The Morgan fingerprint density at radius 3 is 2.68 bits per heavy atom. The first-order valence-electron chi connectivity index (χ1n) is 8.35. The van der Waals surface area contributed by atoms with Crippen LogP contribution < -0.4 is 11.1 Å². The topological polar surface area (TPSA) is 129 Å². The number of aryl methyl sites for hydroxylation is 1. The van der Waals surface area contributed by atoms with Gasteiger partial charge < -0.3 is 11.1 Å². The monoisotopic (exact) mass is 398 g/mol. The number of nitrogens with zero attached hydrogens (tertiary/aromatic N) is 4. The molecule has 0 bridgehead atoms. The molecule has 10 heteroatoms. The van der Waals surface area contributed by atoms with Crippen molar-refractivity contribution in [3.05, 3.63) is 70.0 Å². The summed E-state index contributed by atoms with van der Waals surface area (Å²) >= 11 is 1.20. The third kappa shape index (κ3) is 4.46. The zero-order valence-corrected chi connectivity index (χ0v) is 15.8. The number of anilines is 1. The van der Waals surface area contributed by atoms with E-state index in [-0.39, 0.29) is 11.4 Å². The molecule has 28 heavy (non-hydrogen) atoms. The van der Waals surface area contributed by atoms with Crippen LogP contribution in [0, 0.1) is 17.0 Å². The Bertz CT molecular complexity index is 1010. The van der Waals surface area contributed by atoms with E-state index in [1.54, 1.807) is 6.07 Å². The van der Waals surface area contributed by atoms with Crippen molar-refractivity contribution in [3.63, 3.8) is 0 Å². The average molecular weight is 398 g/mol. The standard InChI is InChI=1S/C18H18N6O3S/c1-12-7-8-14(24(26)27)9-15(12)20-10-17-21-22-18(28-11-16(19)25)23(17)13-5-3-2-4-6-13/h2-9,20H,10-11H2,1H3,(H2,19,25). The molecular formula is C18H18N6O3S. The molecule has 3 aromatic rings. The summed E-state index contributed by atoms with van der Waals surface area (Å²) in [7, 11) is 0. The van der Waals surface area contributed by atoms with Crippen LogP contribution in [0.15, 0.2) is 53.7 Å². The Hall–Kier alpha value is -3.40. The lowest BCUT2D eigenvalue weighted by Gasteiger charge is -2.12. The SMILES string of the molecule is Cc1ccc([N+](=O)[O-])cc1NCc1nnc(SCC(N)=O)n1-c1ccccc1. The van der Waals surface area contributed by atoms with Gasteiger partial charge in [-0.3, -0.25) is 19.5 Å². The minimum Gasteiger partial charge on any atom is -0.377 e. The summed E-state index contributed by atoms with van der Waals surface area (Å²) in [5.74, 6) is 0.242. The number of nitro benzene ring substituents is 1. The van der Waals surface area contributed by atoms with Crippen LogP contribution in [0.1, 0.15) is 11.4 Å². The predicted octanol–water partition coefficient (Wildman–Crippen LogP) is 2.67. The molecule has 0 unspecified atom stereocenters. The molecule has 0 saturated heterocycles. The molecule has 3 N–H and O–H groups in total. The number of nitrogens with two attached hydrogens (primary N) is 1. The van der Waals surface area contributed by atoms with Gasteiger partial charge >= 0.3 is 0 Å². The fourth-order valence-corrected chi connectivity index (χ4v) is 3.28. The number of carbonyl (C=O) groups excluding carboxylic acids is 1. The third-order valence-corrected chi connectivity index (χ3v) is 4.88. The number of benzene rings is 2. The average Bonchev–Trinajstić information content (AvgIpc) is 3.09. The molecule has 0 fully saturated rings. The molecule has 3 rings (SSSR count). The Morgan fingerprint density at radius 1 is 1.25 bits per heavy atom. The molecule has 144 valence electrons. The van der Waals surface area contributed by atoms with E-state index in [4.69, 9.17) is 5.73 Å². The van der Waals surface area contributed by atoms with Crippen molar-refractivity contribution in [2.45, 2.75) is 18.6 Å². The van der Waals surface area contributed by atoms with Gasteiger partial charge in [0, 0.05) is 23.5 Å². The van der Waals surface area contributed by atoms with Crippen LogP contribution in [0.2, 0.25) is 0 Å². The van der Waals surface area contributed by atoms with Gasteiger partial charge in [0.05, 0.1) is 17.2 Å². The predicted molar refractivity (Wildman–Crippen MR) is 106 cm³/mol. The first-order chi connectivity index (χ1) is 13.5. The molecule has 0 spiro atoms. The van der Waals surface area contributed by atoms with Gasteiger partial charge in [-0.1, -0.05) is 36.0 Å². The van der Waals surface area contributed by atoms with E-state index in [1.165, 1.54) is 23.9 Å². The molecule has 2 aromatic carbocycles. The number of rotatable bonds is 8. The number of non-ortho nitro benzene ring substituents is 1. The van der Waals surface area contributed by atoms with E-state index in [0.29, 0.717) is 23.2 Å². The van der Waals surface area contributed by atoms with E-state index in [0.717, 1.165) is 11.3 Å². The van der Waals surface area contributed by atoms with Crippen molar-refractivity contribution >= 4 is 29.0 Å². The number of hydrogen-bond donors (Lipinski definition) is 2. The van der Waals surface area contributed by atoms with E-state index in [1.807, 2.05) is 41.8 Å². The number of thioether (sulfide) groups is 1. The van der Waals surface area contributed by atoms with Gasteiger partial charge in [0.2, 0.25) is 5.91 Å².